The van der Waals surface area contributed by atoms with E-state index in [0.717, 1.165) is 25.1 Å². The molecule has 0 saturated carbocycles. The Kier molecular flexibility index (Phi) is 4.84. The Morgan fingerprint density at radius 1 is 0.923 bits per heavy atom. The van der Waals surface area contributed by atoms with Crippen LogP contribution in [-0.4, -0.2) is 4.57 Å². The standard InChI is InChI=1S/C22H22N2O2/c25-22-13-21(26-16-18-4-2-1-3-5-18)9-11-24(22)10-8-17-6-7-19-14-23-15-20(19)12-17/h1-7,9,11-13,23H,8,10,14-16H2. The van der Waals surface area contributed by atoms with Crippen LogP contribution in [0.3, 0.4) is 0 Å². The van der Waals surface area contributed by atoms with Crippen molar-refractivity contribution in [2.24, 2.45) is 0 Å². The summed E-state index contributed by atoms with van der Waals surface area (Å²) in [6, 6.07) is 20.0. The largest absolute Gasteiger partial charge is 0.489 e. The number of ether oxygens (including phenoxy) is 1. The minimum absolute atomic E-state index is 0.0293. The highest BCUT2D eigenvalue weighted by atomic mass is 16.5. The molecule has 1 aliphatic heterocycles. The molecule has 0 saturated heterocycles. The maximum absolute atomic E-state index is 12.3. The van der Waals surface area contributed by atoms with Gasteiger partial charge in [0.05, 0.1) is 0 Å². The highest BCUT2D eigenvalue weighted by Crippen LogP contribution is 2.17. The Balaban J connectivity index is 1.37. The molecule has 0 bridgehead atoms. The lowest BCUT2D eigenvalue weighted by Crippen LogP contribution is -2.19. The smallest absolute Gasteiger partial charge is 0.254 e. The van der Waals surface area contributed by atoms with Crippen LogP contribution in [0.4, 0.5) is 0 Å². The van der Waals surface area contributed by atoms with E-state index in [9.17, 15) is 4.79 Å². The van der Waals surface area contributed by atoms with Crippen LogP contribution in [0.5, 0.6) is 5.75 Å². The molecular weight excluding hydrogens is 324 g/mol. The zero-order valence-corrected chi connectivity index (χ0v) is 14.7. The fraction of sp³-hybridized carbons (Fsp3) is 0.227. The third kappa shape index (κ3) is 3.86. The third-order valence-corrected chi connectivity index (χ3v) is 4.76. The third-order valence-electron chi connectivity index (χ3n) is 4.76. The van der Waals surface area contributed by atoms with Crippen molar-refractivity contribution >= 4 is 0 Å². The molecule has 26 heavy (non-hydrogen) atoms. The molecule has 132 valence electrons. The second-order valence-electron chi connectivity index (χ2n) is 6.62. The minimum atomic E-state index is -0.0293. The normalized spacial score (nSPS) is 12.8. The molecule has 0 fully saturated rings. The van der Waals surface area contributed by atoms with Crippen molar-refractivity contribution in [3.63, 3.8) is 0 Å². The molecule has 0 aliphatic carbocycles. The number of nitrogens with zero attached hydrogens (tertiary/aromatic N) is 1. The van der Waals surface area contributed by atoms with Crippen molar-refractivity contribution in [2.75, 3.05) is 0 Å². The number of aryl methyl sites for hydroxylation is 2. The van der Waals surface area contributed by atoms with Gasteiger partial charge in [0, 0.05) is 31.9 Å². The quantitative estimate of drug-likeness (QED) is 0.745. The molecule has 1 N–H and O–H groups in total. The molecule has 4 heteroatoms. The van der Waals surface area contributed by atoms with Crippen molar-refractivity contribution < 1.29 is 4.74 Å². The second-order valence-corrected chi connectivity index (χ2v) is 6.62. The van der Waals surface area contributed by atoms with Gasteiger partial charge in [-0.05, 0) is 34.7 Å². The van der Waals surface area contributed by atoms with Crippen molar-refractivity contribution in [1.29, 1.82) is 0 Å². The summed E-state index contributed by atoms with van der Waals surface area (Å²) in [4.78, 5) is 12.3. The molecule has 1 aliphatic rings. The summed E-state index contributed by atoms with van der Waals surface area (Å²) >= 11 is 0. The molecule has 0 spiro atoms. The first-order chi connectivity index (χ1) is 12.8. The number of hydrogen-bond acceptors (Lipinski definition) is 3. The first kappa shape index (κ1) is 16.6. The van der Waals surface area contributed by atoms with E-state index in [1.54, 1.807) is 10.6 Å². The predicted molar refractivity (Wildman–Crippen MR) is 102 cm³/mol. The second kappa shape index (κ2) is 7.58. The summed E-state index contributed by atoms with van der Waals surface area (Å²) in [6.07, 6.45) is 2.66. The zero-order chi connectivity index (χ0) is 17.8. The first-order valence-corrected chi connectivity index (χ1v) is 8.96. The Morgan fingerprint density at radius 2 is 1.77 bits per heavy atom. The number of pyridine rings is 1. The lowest BCUT2D eigenvalue weighted by atomic mass is 10.0. The van der Waals surface area contributed by atoms with Gasteiger partial charge in [0.25, 0.3) is 5.56 Å². The van der Waals surface area contributed by atoms with Crippen molar-refractivity contribution in [2.45, 2.75) is 32.7 Å². The Hall–Kier alpha value is -2.85. The van der Waals surface area contributed by atoms with Crippen LogP contribution in [0.25, 0.3) is 0 Å². The average Bonchev–Trinajstić information content (AvgIpc) is 3.14. The molecule has 3 aromatic rings. The molecule has 0 unspecified atom stereocenters. The zero-order valence-electron chi connectivity index (χ0n) is 14.7. The van der Waals surface area contributed by atoms with Crippen molar-refractivity contribution in [3.05, 3.63) is 99.5 Å². The van der Waals surface area contributed by atoms with Crippen LogP contribution in [0.1, 0.15) is 22.3 Å². The highest BCUT2D eigenvalue weighted by molar-refractivity contribution is 5.34. The maximum atomic E-state index is 12.3. The van der Waals surface area contributed by atoms with E-state index in [0.29, 0.717) is 18.9 Å². The summed E-state index contributed by atoms with van der Waals surface area (Å²) in [5.74, 6) is 0.610. The maximum Gasteiger partial charge on any atom is 0.254 e. The molecule has 1 aromatic heterocycles. The number of nitrogens with one attached hydrogen (secondary N) is 1. The summed E-state index contributed by atoms with van der Waals surface area (Å²) in [6.45, 7) is 3.04. The van der Waals surface area contributed by atoms with Gasteiger partial charge >= 0.3 is 0 Å². The van der Waals surface area contributed by atoms with E-state index < -0.39 is 0 Å². The fourth-order valence-corrected chi connectivity index (χ4v) is 3.26. The van der Waals surface area contributed by atoms with E-state index in [4.69, 9.17) is 4.74 Å². The number of hydrogen-bond donors (Lipinski definition) is 1. The van der Waals surface area contributed by atoms with Crippen LogP contribution >= 0.6 is 0 Å². The molecule has 0 radical (unpaired) electrons. The molecule has 2 heterocycles. The Morgan fingerprint density at radius 3 is 2.62 bits per heavy atom. The van der Waals surface area contributed by atoms with Gasteiger partial charge in [-0.3, -0.25) is 4.79 Å². The van der Waals surface area contributed by atoms with Gasteiger partial charge in [-0.25, -0.2) is 0 Å². The van der Waals surface area contributed by atoms with Gasteiger partial charge in [-0.2, -0.15) is 0 Å². The van der Waals surface area contributed by atoms with Crippen LogP contribution in [0, 0.1) is 0 Å². The van der Waals surface area contributed by atoms with E-state index >= 15 is 0 Å². The van der Waals surface area contributed by atoms with Gasteiger partial charge < -0.3 is 14.6 Å². The molecule has 4 rings (SSSR count). The first-order valence-electron chi connectivity index (χ1n) is 8.96. The van der Waals surface area contributed by atoms with Gasteiger partial charge in [-0.15, -0.1) is 0 Å². The molecule has 0 atom stereocenters. The molecule has 2 aromatic carbocycles. The lowest BCUT2D eigenvalue weighted by molar-refractivity contribution is 0.305. The van der Waals surface area contributed by atoms with Gasteiger partial charge in [0.1, 0.15) is 12.4 Å². The molecule has 4 nitrogen and oxygen atoms in total. The van der Waals surface area contributed by atoms with E-state index in [1.165, 1.54) is 16.7 Å². The van der Waals surface area contributed by atoms with Gasteiger partial charge in [0.2, 0.25) is 0 Å². The van der Waals surface area contributed by atoms with Crippen LogP contribution in [-0.2, 0) is 32.7 Å². The summed E-state index contributed by atoms with van der Waals surface area (Å²) in [5, 5.41) is 3.36. The number of benzene rings is 2. The summed E-state index contributed by atoms with van der Waals surface area (Å²) in [5.41, 5.74) is 5.08. The Bertz CT molecular complexity index is 948. The van der Waals surface area contributed by atoms with Gasteiger partial charge in [-0.1, -0.05) is 48.5 Å². The molecule has 0 amide bonds. The lowest BCUT2D eigenvalue weighted by Gasteiger charge is -2.10. The van der Waals surface area contributed by atoms with Crippen LogP contribution in [0.2, 0.25) is 0 Å². The van der Waals surface area contributed by atoms with Crippen molar-refractivity contribution in [3.8, 4) is 5.75 Å². The Labute approximate surface area is 153 Å². The van der Waals surface area contributed by atoms with Crippen LogP contribution < -0.4 is 15.6 Å². The van der Waals surface area contributed by atoms with Gasteiger partial charge in [0.15, 0.2) is 0 Å². The van der Waals surface area contributed by atoms with Crippen molar-refractivity contribution in [1.82, 2.24) is 9.88 Å². The summed E-state index contributed by atoms with van der Waals surface area (Å²) < 4.78 is 7.46. The fourth-order valence-electron chi connectivity index (χ4n) is 3.26. The number of aromatic nitrogens is 1. The molecular formula is C22H22N2O2. The highest BCUT2D eigenvalue weighted by Gasteiger charge is 2.10. The topological polar surface area (TPSA) is 43.3 Å². The van der Waals surface area contributed by atoms with E-state index in [1.807, 2.05) is 42.6 Å². The number of fused-ring (bicyclic) bond motifs is 1. The van der Waals surface area contributed by atoms with E-state index in [-0.39, 0.29) is 5.56 Å². The minimum Gasteiger partial charge on any atom is -0.489 e. The predicted octanol–water partition coefficient (Wildman–Crippen LogP) is 3.27. The monoisotopic (exact) mass is 346 g/mol. The average molecular weight is 346 g/mol. The number of rotatable bonds is 6. The van der Waals surface area contributed by atoms with E-state index in [2.05, 4.69) is 23.5 Å². The summed E-state index contributed by atoms with van der Waals surface area (Å²) in [7, 11) is 0. The SMILES string of the molecule is O=c1cc(OCc2ccccc2)ccn1CCc1ccc2c(c1)CNC2. The van der Waals surface area contributed by atoms with Crippen LogP contribution in [0.15, 0.2) is 71.7 Å².